The molecule has 0 atom stereocenters. The molecular formula is C18H19NO3S. The number of rotatable bonds is 8. The number of anilines is 1. The summed E-state index contributed by atoms with van der Waals surface area (Å²) >= 11 is 1.51. The van der Waals surface area contributed by atoms with Crippen molar-refractivity contribution in [1.29, 1.82) is 0 Å². The van der Waals surface area contributed by atoms with E-state index in [2.05, 4.69) is 5.32 Å². The van der Waals surface area contributed by atoms with Gasteiger partial charge in [0.05, 0.1) is 12.4 Å². The number of carbonyl (C=O) groups is 2. The van der Waals surface area contributed by atoms with Crippen molar-refractivity contribution in [3.8, 4) is 5.75 Å². The highest BCUT2D eigenvalue weighted by atomic mass is 32.2. The fraction of sp³-hybridized carbons (Fsp3) is 0.222. The molecule has 0 unspecified atom stereocenters. The van der Waals surface area contributed by atoms with Crippen LogP contribution in [0.25, 0.3) is 0 Å². The Balaban J connectivity index is 1.67. The predicted molar refractivity (Wildman–Crippen MR) is 94.3 cm³/mol. The van der Waals surface area contributed by atoms with Crippen LogP contribution in [0.4, 0.5) is 5.69 Å². The van der Waals surface area contributed by atoms with Gasteiger partial charge in [-0.15, -0.1) is 11.8 Å². The Kier molecular flexibility index (Phi) is 6.69. The summed E-state index contributed by atoms with van der Waals surface area (Å²) in [7, 11) is 0. The van der Waals surface area contributed by atoms with Crippen LogP contribution in [0.15, 0.2) is 54.6 Å². The molecule has 1 amide bonds. The molecular weight excluding hydrogens is 310 g/mol. The zero-order valence-electron chi connectivity index (χ0n) is 13.0. The summed E-state index contributed by atoms with van der Waals surface area (Å²) in [5.74, 6) is 1.81. The standard InChI is InChI=1S/C18H19NO3S/c1-14(20)15-6-5-7-16(12-15)19-18(21)13-23-11-10-22-17-8-3-2-4-9-17/h2-9,12H,10-11,13H2,1H3,(H,19,21). The Morgan fingerprint density at radius 1 is 1.09 bits per heavy atom. The van der Waals surface area contributed by atoms with Crippen molar-refractivity contribution in [3.05, 3.63) is 60.2 Å². The Labute approximate surface area is 140 Å². The Hall–Kier alpha value is -2.27. The summed E-state index contributed by atoms with van der Waals surface area (Å²) in [6.45, 7) is 2.06. The molecule has 0 bridgehead atoms. The second-order valence-electron chi connectivity index (χ2n) is 4.90. The van der Waals surface area contributed by atoms with Crippen molar-refractivity contribution < 1.29 is 14.3 Å². The average molecular weight is 329 g/mol. The van der Waals surface area contributed by atoms with Crippen molar-refractivity contribution >= 4 is 29.1 Å². The van der Waals surface area contributed by atoms with E-state index in [-0.39, 0.29) is 11.7 Å². The number of Topliss-reactive ketones (excluding diaryl/α,β-unsaturated/α-hetero) is 1. The number of carbonyl (C=O) groups excluding carboxylic acids is 2. The monoisotopic (exact) mass is 329 g/mol. The highest BCUT2D eigenvalue weighted by Gasteiger charge is 2.05. The fourth-order valence-electron chi connectivity index (χ4n) is 1.91. The maximum Gasteiger partial charge on any atom is 0.234 e. The van der Waals surface area contributed by atoms with Crippen LogP contribution in [0.1, 0.15) is 17.3 Å². The van der Waals surface area contributed by atoms with Crippen LogP contribution in [-0.2, 0) is 4.79 Å². The fourth-order valence-corrected chi connectivity index (χ4v) is 2.52. The minimum absolute atomic E-state index is 0.0199. The molecule has 0 saturated heterocycles. The molecule has 0 heterocycles. The molecule has 0 aliphatic rings. The van der Waals surface area contributed by atoms with E-state index >= 15 is 0 Å². The van der Waals surface area contributed by atoms with Crippen LogP contribution in [-0.4, -0.2) is 29.8 Å². The number of amides is 1. The number of ether oxygens (including phenoxy) is 1. The van der Waals surface area contributed by atoms with E-state index in [9.17, 15) is 9.59 Å². The van der Waals surface area contributed by atoms with Gasteiger partial charge >= 0.3 is 0 Å². The first-order chi connectivity index (χ1) is 11.1. The smallest absolute Gasteiger partial charge is 0.234 e. The lowest BCUT2D eigenvalue weighted by Crippen LogP contribution is -2.15. The zero-order chi connectivity index (χ0) is 16.5. The lowest BCUT2D eigenvalue weighted by Gasteiger charge is -2.07. The van der Waals surface area contributed by atoms with E-state index in [0.717, 1.165) is 11.5 Å². The summed E-state index contributed by atoms with van der Waals surface area (Å²) in [6, 6.07) is 16.5. The average Bonchev–Trinajstić information content (AvgIpc) is 2.55. The largest absolute Gasteiger partial charge is 0.493 e. The van der Waals surface area contributed by atoms with E-state index in [1.54, 1.807) is 24.3 Å². The van der Waals surface area contributed by atoms with Gasteiger partial charge in [0.1, 0.15) is 5.75 Å². The van der Waals surface area contributed by atoms with Crippen LogP contribution in [0.2, 0.25) is 0 Å². The topological polar surface area (TPSA) is 55.4 Å². The number of para-hydroxylation sites is 1. The number of hydrogen-bond donors (Lipinski definition) is 1. The molecule has 0 aliphatic carbocycles. The summed E-state index contributed by atoms with van der Waals surface area (Å²) in [5.41, 5.74) is 1.23. The van der Waals surface area contributed by atoms with Crippen molar-refractivity contribution in [1.82, 2.24) is 0 Å². The predicted octanol–water partition coefficient (Wildman–Crippen LogP) is 3.64. The molecule has 1 N–H and O–H groups in total. The lowest BCUT2D eigenvalue weighted by atomic mass is 10.1. The molecule has 2 aromatic rings. The third-order valence-corrected chi connectivity index (χ3v) is 3.95. The van der Waals surface area contributed by atoms with Gasteiger partial charge in [0.2, 0.25) is 5.91 Å². The first-order valence-electron chi connectivity index (χ1n) is 7.31. The zero-order valence-corrected chi connectivity index (χ0v) is 13.8. The van der Waals surface area contributed by atoms with E-state index in [1.165, 1.54) is 18.7 Å². The third-order valence-electron chi connectivity index (χ3n) is 3.03. The van der Waals surface area contributed by atoms with Crippen molar-refractivity contribution in [2.75, 3.05) is 23.4 Å². The van der Waals surface area contributed by atoms with Crippen molar-refractivity contribution in [3.63, 3.8) is 0 Å². The van der Waals surface area contributed by atoms with Crippen molar-refractivity contribution in [2.45, 2.75) is 6.92 Å². The highest BCUT2D eigenvalue weighted by Crippen LogP contribution is 2.13. The molecule has 120 valence electrons. The summed E-state index contributed by atoms with van der Waals surface area (Å²) in [4.78, 5) is 23.2. The Morgan fingerprint density at radius 2 is 1.87 bits per heavy atom. The Morgan fingerprint density at radius 3 is 2.61 bits per heavy atom. The minimum Gasteiger partial charge on any atom is -0.493 e. The normalized spacial score (nSPS) is 10.1. The van der Waals surface area contributed by atoms with Crippen molar-refractivity contribution in [2.24, 2.45) is 0 Å². The van der Waals surface area contributed by atoms with Gasteiger partial charge in [-0.3, -0.25) is 9.59 Å². The van der Waals surface area contributed by atoms with Gasteiger partial charge in [0.25, 0.3) is 0 Å². The maximum atomic E-state index is 11.9. The first-order valence-corrected chi connectivity index (χ1v) is 8.47. The molecule has 2 aromatic carbocycles. The second-order valence-corrected chi connectivity index (χ2v) is 6.00. The molecule has 0 spiro atoms. The highest BCUT2D eigenvalue weighted by molar-refractivity contribution is 7.99. The Bertz CT molecular complexity index is 658. The first kappa shape index (κ1) is 17.1. The summed E-state index contributed by atoms with van der Waals surface area (Å²) < 4.78 is 5.56. The molecule has 4 nitrogen and oxygen atoms in total. The van der Waals surface area contributed by atoms with Gasteiger partial charge < -0.3 is 10.1 Å². The van der Waals surface area contributed by atoms with Crippen LogP contribution >= 0.6 is 11.8 Å². The van der Waals surface area contributed by atoms with Crippen LogP contribution in [0, 0.1) is 0 Å². The SMILES string of the molecule is CC(=O)c1cccc(NC(=O)CSCCOc2ccccc2)c1. The van der Waals surface area contributed by atoms with Crippen LogP contribution in [0.3, 0.4) is 0 Å². The van der Waals surface area contributed by atoms with E-state index in [4.69, 9.17) is 4.74 Å². The molecule has 0 saturated carbocycles. The molecule has 23 heavy (non-hydrogen) atoms. The second kappa shape index (κ2) is 9.00. The minimum atomic E-state index is -0.0876. The van der Waals surface area contributed by atoms with Crippen LogP contribution < -0.4 is 10.1 Å². The molecule has 0 radical (unpaired) electrons. The number of ketones is 1. The molecule has 2 rings (SSSR count). The van der Waals surface area contributed by atoms with Crippen LogP contribution in [0.5, 0.6) is 5.75 Å². The van der Waals surface area contributed by atoms with Gasteiger partial charge in [-0.1, -0.05) is 30.3 Å². The third kappa shape index (κ3) is 6.16. The quantitative estimate of drug-likeness (QED) is 0.593. The number of benzene rings is 2. The maximum absolute atomic E-state index is 11.9. The summed E-state index contributed by atoms with van der Waals surface area (Å²) in [5, 5.41) is 2.79. The lowest BCUT2D eigenvalue weighted by molar-refractivity contribution is -0.113. The summed E-state index contributed by atoms with van der Waals surface area (Å²) in [6.07, 6.45) is 0. The van der Waals surface area contributed by atoms with Gasteiger partial charge in [-0.25, -0.2) is 0 Å². The van der Waals surface area contributed by atoms with Gasteiger partial charge in [0.15, 0.2) is 5.78 Å². The molecule has 0 aliphatic heterocycles. The number of thioether (sulfide) groups is 1. The molecule has 0 aromatic heterocycles. The van der Waals surface area contributed by atoms with Gasteiger partial charge in [0, 0.05) is 17.0 Å². The number of hydrogen-bond acceptors (Lipinski definition) is 4. The van der Waals surface area contributed by atoms with E-state index in [0.29, 0.717) is 23.6 Å². The molecule has 5 heteroatoms. The molecule has 0 fully saturated rings. The number of nitrogens with one attached hydrogen (secondary N) is 1. The van der Waals surface area contributed by atoms with Gasteiger partial charge in [-0.05, 0) is 31.2 Å². The van der Waals surface area contributed by atoms with E-state index < -0.39 is 0 Å². The van der Waals surface area contributed by atoms with Gasteiger partial charge in [-0.2, -0.15) is 0 Å². The van der Waals surface area contributed by atoms with E-state index in [1.807, 2.05) is 30.3 Å².